The number of amides is 3. The first-order valence-corrected chi connectivity index (χ1v) is 15.7. The van der Waals surface area contributed by atoms with E-state index in [-0.39, 0.29) is 40.4 Å². The van der Waals surface area contributed by atoms with Crippen LogP contribution in [0.2, 0.25) is 0 Å². The first-order valence-electron chi connectivity index (χ1n) is 13.9. The van der Waals surface area contributed by atoms with Crippen molar-refractivity contribution >= 4 is 45.4 Å². The molecule has 3 saturated heterocycles. The Bertz CT molecular complexity index is 897. The summed E-state index contributed by atoms with van der Waals surface area (Å²) in [5.74, 6) is -1.12. The molecule has 6 atom stereocenters. The molecule has 4 rings (SSSR count). The summed E-state index contributed by atoms with van der Waals surface area (Å²) in [6, 6.07) is -0.483. The van der Waals surface area contributed by atoms with Gasteiger partial charge in [0, 0.05) is 48.9 Å². The highest BCUT2D eigenvalue weighted by Crippen LogP contribution is 2.68. The van der Waals surface area contributed by atoms with Crippen LogP contribution < -0.4 is 0 Å². The number of hydrogen-bond donors (Lipinski definition) is 1. The summed E-state index contributed by atoms with van der Waals surface area (Å²) in [5.41, 5.74) is 0. The van der Waals surface area contributed by atoms with E-state index in [4.69, 9.17) is 0 Å². The zero-order valence-corrected chi connectivity index (χ0v) is 24.4. The van der Waals surface area contributed by atoms with Crippen LogP contribution in [0.1, 0.15) is 58.3 Å². The fourth-order valence-electron chi connectivity index (χ4n) is 7.21. The Morgan fingerprint density at radius 3 is 2.51 bits per heavy atom. The Morgan fingerprint density at radius 2 is 1.89 bits per heavy atom. The zero-order valence-electron chi connectivity index (χ0n) is 22.0. The molecule has 2 bridgehead atoms. The molecule has 206 valence electrons. The van der Waals surface area contributed by atoms with E-state index in [0.717, 1.165) is 32.1 Å². The second kappa shape index (κ2) is 12.2. The van der Waals surface area contributed by atoms with Crippen LogP contribution in [0, 0.1) is 11.8 Å². The second-order valence-electron chi connectivity index (χ2n) is 10.9. The third kappa shape index (κ3) is 5.05. The van der Waals surface area contributed by atoms with E-state index in [9.17, 15) is 19.5 Å². The third-order valence-corrected chi connectivity index (χ3v) is 11.9. The minimum Gasteiger partial charge on any atom is -0.396 e. The molecule has 4 aliphatic rings. The number of aliphatic hydroxyl groups is 1. The van der Waals surface area contributed by atoms with Crippen molar-refractivity contribution in [2.24, 2.45) is 11.8 Å². The van der Waals surface area contributed by atoms with E-state index in [1.54, 1.807) is 28.8 Å². The van der Waals surface area contributed by atoms with Crippen molar-refractivity contribution in [3.63, 3.8) is 0 Å². The van der Waals surface area contributed by atoms with Crippen molar-refractivity contribution in [3.8, 4) is 0 Å². The molecule has 4 fully saturated rings. The topological polar surface area (TPSA) is 81.2 Å². The van der Waals surface area contributed by atoms with Gasteiger partial charge in [0.25, 0.3) is 0 Å². The number of hydrogen-bond acceptors (Lipinski definition) is 5. The summed E-state index contributed by atoms with van der Waals surface area (Å²) < 4.78 is -0.650. The van der Waals surface area contributed by atoms with E-state index in [1.165, 1.54) is 6.42 Å². The van der Waals surface area contributed by atoms with Gasteiger partial charge in [0.05, 0.1) is 16.6 Å². The molecule has 1 N–H and O–H groups in total. The molecule has 1 saturated carbocycles. The lowest BCUT2D eigenvalue weighted by molar-refractivity contribution is -0.145. The van der Waals surface area contributed by atoms with Gasteiger partial charge in [-0.1, -0.05) is 54.3 Å². The quantitative estimate of drug-likeness (QED) is 0.275. The first-order chi connectivity index (χ1) is 17.9. The zero-order chi connectivity index (χ0) is 26.7. The average molecular weight is 597 g/mol. The van der Waals surface area contributed by atoms with Crippen LogP contribution in [0.15, 0.2) is 25.3 Å². The fourth-order valence-corrected chi connectivity index (χ4v) is 10.8. The number of halogens is 1. The Kier molecular flexibility index (Phi) is 9.49. The predicted octanol–water partition coefficient (Wildman–Crippen LogP) is 3.61. The van der Waals surface area contributed by atoms with Gasteiger partial charge >= 0.3 is 0 Å². The van der Waals surface area contributed by atoms with Gasteiger partial charge in [0.2, 0.25) is 17.7 Å². The highest BCUT2D eigenvalue weighted by molar-refractivity contribution is 9.09. The number of rotatable bonds is 12. The Labute approximate surface area is 234 Å². The normalized spacial score (nSPS) is 32.9. The van der Waals surface area contributed by atoms with Crippen LogP contribution in [0.25, 0.3) is 0 Å². The van der Waals surface area contributed by atoms with Gasteiger partial charge in [0.15, 0.2) is 0 Å². The average Bonchev–Trinajstić information content (AvgIpc) is 3.49. The highest BCUT2D eigenvalue weighted by atomic mass is 79.9. The minimum absolute atomic E-state index is 0.00550. The Balaban J connectivity index is 1.73. The molecule has 1 spiro atoms. The van der Waals surface area contributed by atoms with E-state index in [1.807, 2.05) is 16.7 Å². The van der Waals surface area contributed by atoms with Gasteiger partial charge < -0.3 is 19.8 Å². The molecule has 1 aliphatic carbocycles. The van der Waals surface area contributed by atoms with Crippen LogP contribution >= 0.6 is 27.7 Å². The predicted molar refractivity (Wildman–Crippen MR) is 151 cm³/mol. The van der Waals surface area contributed by atoms with Crippen molar-refractivity contribution < 1.29 is 19.5 Å². The van der Waals surface area contributed by atoms with Crippen LogP contribution in [-0.2, 0) is 14.4 Å². The lowest BCUT2D eigenvalue weighted by Crippen LogP contribution is -2.58. The van der Waals surface area contributed by atoms with Gasteiger partial charge in [0.1, 0.15) is 6.04 Å². The molecule has 3 heterocycles. The van der Waals surface area contributed by atoms with Gasteiger partial charge in [-0.25, -0.2) is 0 Å². The summed E-state index contributed by atoms with van der Waals surface area (Å²) >= 11 is 5.54. The third-order valence-electron chi connectivity index (χ3n) is 8.64. The number of likely N-dealkylation sites (tertiary alicyclic amines) is 1. The summed E-state index contributed by atoms with van der Waals surface area (Å²) in [6.07, 6.45) is 10.8. The molecule has 3 unspecified atom stereocenters. The number of thioether (sulfide) groups is 1. The smallest absolute Gasteiger partial charge is 0.247 e. The number of aliphatic hydroxyl groups excluding tert-OH is 1. The molecule has 0 radical (unpaired) electrons. The molecule has 7 nitrogen and oxygen atoms in total. The molecular formula is C28H42BrN3O4S. The fraction of sp³-hybridized carbons (Fsp3) is 0.750. The standard InChI is InChI=1S/C28H42BrN3O4S/c1-4-13-30(14-5-2)25(34)21-22-26(35)32(16-10-17-33)24(28(22)18-20(29)23(21)37-28)27(36)31(15-6-3)19-11-8-7-9-12-19/h4,6,19-24,33H,1,3,5,7-18H2,2H3/t20?,21-,22+,23-,24?,28?/m1/s1. The van der Waals surface area contributed by atoms with Crippen molar-refractivity contribution in [3.05, 3.63) is 25.3 Å². The molecule has 9 heteroatoms. The lowest BCUT2D eigenvalue weighted by atomic mass is 9.70. The van der Waals surface area contributed by atoms with Crippen LogP contribution in [0.3, 0.4) is 0 Å². The van der Waals surface area contributed by atoms with Crippen molar-refractivity contribution in [1.29, 1.82) is 0 Å². The van der Waals surface area contributed by atoms with Crippen molar-refractivity contribution in [2.75, 3.05) is 32.8 Å². The van der Waals surface area contributed by atoms with E-state index in [2.05, 4.69) is 29.1 Å². The van der Waals surface area contributed by atoms with Gasteiger partial charge in [-0.15, -0.1) is 24.9 Å². The van der Waals surface area contributed by atoms with Gasteiger partial charge in [-0.2, -0.15) is 0 Å². The summed E-state index contributed by atoms with van der Waals surface area (Å²) in [7, 11) is 0. The maximum absolute atomic E-state index is 14.5. The number of carbonyl (C=O) groups is 3. The molecule has 0 aromatic rings. The number of nitrogens with zero attached hydrogens (tertiary/aromatic N) is 3. The second-order valence-corrected chi connectivity index (χ2v) is 13.6. The summed E-state index contributed by atoms with van der Waals surface area (Å²) in [5, 5.41) is 9.56. The maximum Gasteiger partial charge on any atom is 0.247 e. The Morgan fingerprint density at radius 1 is 1.19 bits per heavy atom. The van der Waals surface area contributed by atoms with E-state index >= 15 is 0 Å². The number of alkyl halides is 1. The molecule has 3 amide bonds. The summed E-state index contributed by atoms with van der Waals surface area (Å²) in [4.78, 5) is 48.1. The van der Waals surface area contributed by atoms with E-state index in [0.29, 0.717) is 39.0 Å². The van der Waals surface area contributed by atoms with Crippen molar-refractivity contribution in [1.82, 2.24) is 14.7 Å². The first kappa shape index (κ1) is 28.7. The van der Waals surface area contributed by atoms with E-state index < -0.39 is 22.6 Å². The maximum atomic E-state index is 14.5. The van der Waals surface area contributed by atoms with Crippen molar-refractivity contribution in [2.45, 2.75) is 85.2 Å². The molecule has 0 aromatic carbocycles. The minimum atomic E-state index is -0.650. The monoisotopic (exact) mass is 595 g/mol. The molecule has 37 heavy (non-hydrogen) atoms. The van der Waals surface area contributed by atoms with Crippen LogP contribution in [-0.4, -0.2) is 97.2 Å². The van der Waals surface area contributed by atoms with Crippen LogP contribution in [0.4, 0.5) is 0 Å². The SMILES string of the molecule is C=CCN(CCC)C(=O)[C@H]1[C@@H]2SC3(CC2Br)C(C(=O)N(CC=C)C2CCCCC2)N(CCCO)C(=O)[C@H]13. The van der Waals surface area contributed by atoms with Crippen LogP contribution in [0.5, 0.6) is 0 Å². The summed E-state index contributed by atoms with van der Waals surface area (Å²) in [6.45, 7) is 11.6. The highest BCUT2D eigenvalue weighted by Gasteiger charge is 2.76. The van der Waals surface area contributed by atoms with Gasteiger partial charge in [-0.3, -0.25) is 14.4 Å². The van der Waals surface area contributed by atoms with Gasteiger partial charge in [-0.05, 0) is 32.1 Å². The largest absolute Gasteiger partial charge is 0.396 e. The molecule has 0 aromatic heterocycles. The Hall–Kier alpha value is -1.32. The molecule has 3 aliphatic heterocycles. The number of fused-ring (bicyclic) bond motifs is 1. The number of carbonyl (C=O) groups excluding carboxylic acids is 3. The lowest BCUT2D eigenvalue weighted by Gasteiger charge is -2.41. The molecular weight excluding hydrogens is 554 g/mol.